The lowest BCUT2D eigenvalue weighted by atomic mass is 10.1. The monoisotopic (exact) mass is 297 g/mol. The highest BCUT2D eigenvalue weighted by atomic mass is 16.2. The Labute approximate surface area is 129 Å². The third kappa shape index (κ3) is 2.79. The Balaban J connectivity index is 1.67. The van der Waals surface area contributed by atoms with Crippen LogP contribution in [0.5, 0.6) is 0 Å². The molecule has 1 N–H and O–H groups in total. The van der Waals surface area contributed by atoms with Crippen LogP contribution in [0.15, 0.2) is 36.5 Å². The number of aromatic nitrogens is 1. The first-order valence-corrected chi connectivity index (χ1v) is 7.57. The molecule has 2 amide bonds. The van der Waals surface area contributed by atoms with Crippen molar-refractivity contribution in [2.45, 2.75) is 19.9 Å². The molecule has 1 aliphatic rings. The van der Waals surface area contributed by atoms with E-state index < -0.39 is 0 Å². The van der Waals surface area contributed by atoms with E-state index in [0.29, 0.717) is 26.1 Å². The Kier molecular flexibility index (Phi) is 4.04. The lowest BCUT2D eigenvalue weighted by Gasteiger charge is -2.14. The Morgan fingerprint density at radius 1 is 1.36 bits per heavy atom. The van der Waals surface area contributed by atoms with Crippen LogP contribution in [0, 0.1) is 5.92 Å². The maximum atomic E-state index is 12.3. The molecule has 3 rings (SSSR count). The van der Waals surface area contributed by atoms with E-state index in [1.807, 2.05) is 37.3 Å². The van der Waals surface area contributed by atoms with Gasteiger partial charge in [0, 0.05) is 37.6 Å². The molecule has 1 atom stereocenters. The van der Waals surface area contributed by atoms with E-state index in [-0.39, 0.29) is 17.7 Å². The molecule has 0 spiro atoms. The van der Waals surface area contributed by atoms with Crippen molar-refractivity contribution in [2.24, 2.45) is 5.92 Å². The molecule has 5 nitrogen and oxygen atoms in total. The minimum absolute atomic E-state index is 0.0507. The number of para-hydroxylation sites is 1. The molecule has 1 fully saturated rings. The molecule has 2 heterocycles. The van der Waals surface area contributed by atoms with Gasteiger partial charge < -0.3 is 10.2 Å². The first-order chi connectivity index (χ1) is 10.7. The summed E-state index contributed by atoms with van der Waals surface area (Å²) in [7, 11) is 0. The van der Waals surface area contributed by atoms with Crippen LogP contribution in [0.3, 0.4) is 0 Å². The Morgan fingerprint density at radius 3 is 2.95 bits per heavy atom. The quantitative estimate of drug-likeness (QED) is 0.934. The molecule has 1 aliphatic heterocycles. The zero-order valence-corrected chi connectivity index (χ0v) is 12.6. The Bertz CT molecular complexity index is 709. The number of fused-ring (bicyclic) bond motifs is 1. The average Bonchev–Trinajstić information content (AvgIpc) is 2.93. The van der Waals surface area contributed by atoms with Crippen LogP contribution in [0.25, 0.3) is 10.9 Å². The SMILES string of the molecule is CCN1CC(C(=O)NCc2ccnc3ccccc23)CC1=O. The summed E-state index contributed by atoms with van der Waals surface area (Å²) in [6.45, 7) is 3.58. The lowest BCUT2D eigenvalue weighted by Crippen LogP contribution is -2.32. The Morgan fingerprint density at radius 2 is 2.18 bits per heavy atom. The molecule has 0 saturated carbocycles. The van der Waals surface area contributed by atoms with Crippen molar-refractivity contribution in [3.05, 3.63) is 42.1 Å². The molecule has 1 aromatic heterocycles. The van der Waals surface area contributed by atoms with Crippen LogP contribution in [0.2, 0.25) is 0 Å². The molecule has 2 aromatic rings. The zero-order chi connectivity index (χ0) is 15.5. The summed E-state index contributed by atoms with van der Waals surface area (Å²) in [5.41, 5.74) is 1.96. The highest BCUT2D eigenvalue weighted by molar-refractivity contribution is 5.89. The van der Waals surface area contributed by atoms with Gasteiger partial charge in [-0.05, 0) is 24.6 Å². The normalized spacial score (nSPS) is 18.0. The highest BCUT2D eigenvalue weighted by Gasteiger charge is 2.33. The first kappa shape index (κ1) is 14.5. The number of pyridine rings is 1. The van der Waals surface area contributed by atoms with Crippen LogP contribution in [0.4, 0.5) is 0 Å². The van der Waals surface area contributed by atoms with Crippen molar-refractivity contribution < 1.29 is 9.59 Å². The number of hydrogen-bond acceptors (Lipinski definition) is 3. The van der Waals surface area contributed by atoms with E-state index in [1.54, 1.807) is 11.1 Å². The second kappa shape index (κ2) is 6.13. The number of amides is 2. The van der Waals surface area contributed by atoms with Gasteiger partial charge in [0.1, 0.15) is 0 Å². The smallest absolute Gasteiger partial charge is 0.225 e. The van der Waals surface area contributed by atoms with E-state index in [2.05, 4.69) is 10.3 Å². The highest BCUT2D eigenvalue weighted by Crippen LogP contribution is 2.19. The van der Waals surface area contributed by atoms with E-state index >= 15 is 0 Å². The number of rotatable bonds is 4. The minimum Gasteiger partial charge on any atom is -0.352 e. The van der Waals surface area contributed by atoms with Crippen molar-refractivity contribution in [3.8, 4) is 0 Å². The molecule has 1 aromatic carbocycles. The van der Waals surface area contributed by atoms with Crippen molar-refractivity contribution >= 4 is 22.7 Å². The second-order valence-corrected chi connectivity index (χ2v) is 5.54. The standard InChI is InChI=1S/C17H19N3O2/c1-2-20-11-13(9-16(20)21)17(22)19-10-12-7-8-18-15-6-4-3-5-14(12)15/h3-8,13H,2,9-11H2,1H3,(H,19,22). The van der Waals surface area contributed by atoms with Crippen molar-refractivity contribution in [1.29, 1.82) is 0 Å². The van der Waals surface area contributed by atoms with Crippen LogP contribution in [-0.2, 0) is 16.1 Å². The largest absolute Gasteiger partial charge is 0.352 e. The molecule has 0 radical (unpaired) electrons. The summed E-state index contributed by atoms with van der Waals surface area (Å²) in [5, 5.41) is 4.00. The summed E-state index contributed by atoms with van der Waals surface area (Å²) < 4.78 is 0. The number of benzene rings is 1. The predicted octanol–water partition coefficient (Wildman–Crippen LogP) is 1.72. The second-order valence-electron chi connectivity index (χ2n) is 5.54. The third-order valence-electron chi connectivity index (χ3n) is 4.16. The van der Waals surface area contributed by atoms with Gasteiger partial charge in [0.25, 0.3) is 0 Å². The topological polar surface area (TPSA) is 62.3 Å². The first-order valence-electron chi connectivity index (χ1n) is 7.57. The molecule has 114 valence electrons. The van der Waals surface area contributed by atoms with Gasteiger partial charge in [-0.15, -0.1) is 0 Å². The fourth-order valence-electron chi connectivity index (χ4n) is 2.89. The van der Waals surface area contributed by atoms with Crippen molar-refractivity contribution in [2.75, 3.05) is 13.1 Å². The minimum atomic E-state index is -0.236. The summed E-state index contributed by atoms with van der Waals surface area (Å²) >= 11 is 0. The van der Waals surface area contributed by atoms with E-state index in [1.165, 1.54) is 0 Å². The fourth-order valence-corrected chi connectivity index (χ4v) is 2.89. The number of nitrogens with one attached hydrogen (secondary N) is 1. The van der Waals surface area contributed by atoms with Gasteiger partial charge in [-0.2, -0.15) is 0 Å². The number of carbonyl (C=O) groups is 2. The molecular weight excluding hydrogens is 278 g/mol. The molecular formula is C17H19N3O2. The zero-order valence-electron chi connectivity index (χ0n) is 12.6. The van der Waals surface area contributed by atoms with E-state index in [0.717, 1.165) is 16.5 Å². The van der Waals surface area contributed by atoms with Crippen LogP contribution in [-0.4, -0.2) is 34.8 Å². The maximum absolute atomic E-state index is 12.3. The predicted molar refractivity (Wildman–Crippen MR) is 84.0 cm³/mol. The van der Waals surface area contributed by atoms with Gasteiger partial charge >= 0.3 is 0 Å². The summed E-state index contributed by atoms with van der Waals surface area (Å²) in [5.74, 6) is -0.220. The van der Waals surface area contributed by atoms with Gasteiger partial charge in [-0.25, -0.2) is 0 Å². The number of carbonyl (C=O) groups excluding carboxylic acids is 2. The molecule has 0 bridgehead atoms. The molecule has 1 saturated heterocycles. The van der Waals surface area contributed by atoms with Gasteiger partial charge in [0.05, 0.1) is 11.4 Å². The number of likely N-dealkylation sites (tertiary alicyclic amines) is 1. The summed E-state index contributed by atoms with van der Waals surface area (Å²) in [6, 6.07) is 9.78. The van der Waals surface area contributed by atoms with Crippen LogP contribution in [0.1, 0.15) is 18.9 Å². The molecule has 1 unspecified atom stereocenters. The fraction of sp³-hybridized carbons (Fsp3) is 0.353. The average molecular weight is 297 g/mol. The molecule has 5 heteroatoms. The van der Waals surface area contributed by atoms with Gasteiger partial charge in [-0.1, -0.05) is 18.2 Å². The van der Waals surface area contributed by atoms with Crippen LogP contribution >= 0.6 is 0 Å². The van der Waals surface area contributed by atoms with E-state index in [9.17, 15) is 9.59 Å². The number of hydrogen-bond donors (Lipinski definition) is 1. The van der Waals surface area contributed by atoms with Gasteiger partial charge in [0.2, 0.25) is 11.8 Å². The molecule has 22 heavy (non-hydrogen) atoms. The van der Waals surface area contributed by atoms with Gasteiger partial charge in [0.15, 0.2) is 0 Å². The maximum Gasteiger partial charge on any atom is 0.225 e. The Hall–Kier alpha value is -2.43. The van der Waals surface area contributed by atoms with Crippen molar-refractivity contribution in [1.82, 2.24) is 15.2 Å². The van der Waals surface area contributed by atoms with Crippen molar-refractivity contribution in [3.63, 3.8) is 0 Å². The lowest BCUT2D eigenvalue weighted by molar-refractivity contribution is -0.128. The van der Waals surface area contributed by atoms with E-state index in [4.69, 9.17) is 0 Å². The summed E-state index contributed by atoms with van der Waals surface area (Å²) in [6.07, 6.45) is 2.07. The number of nitrogens with zero attached hydrogens (tertiary/aromatic N) is 2. The molecule has 0 aliphatic carbocycles. The summed E-state index contributed by atoms with van der Waals surface area (Å²) in [4.78, 5) is 30.0. The van der Waals surface area contributed by atoms with Gasteiger partial charge in [-0.3, -0.25) is 14.6 Å². The van der Waals surface area contributed by atoms with Crippen LogP contribution < -0.4 is 5.32 Å². The third-order valence-corrected chi connectivity index (χ3v) is 4.16.